The summed E-state index contributed by atoms with van der Waals surface area (Å²) < 4.78 is 7.00. The number of nitrogens with one attached hydrogen (secondary N) is 1. The Morgan fingerprint density at radius 1 is 1.15 bits per heavy atom. The molecule has 3 aromatic rings. The van der Waals surface area contributed by atoms with Gasteiger partial charge in [-0.3, -0.25) is 4.57 Å². The van der Waals surface area contributed by atoms with E-state index in [2.05, 4.69) is 20.3 Å². The van der Waals surface area contributed by atoms with Crippen LogP contribution in [0.25, 0.3) is 11.2 Å². The largest absolute Gasteiger partial charge is 0.508 e. The number of aromatic hydroxyl groups is 1. The summed E-state index contributed by atoms with van der Waals surface area (Å²) in [6, 6.07) is 6.54. The Morgan fingerprint density at radius 2 is 2.00 bits per heavy atom. The fraction of sp³-hybridized carbons (Fsp3) is 0.312. The van der Waals surface area contributed by atoms with E-state index in [1.807, 2.05) is 0 Å². The highest BCUT2D eigenvalue weighted by atomic mass is 16.6. The van der Waals surface area contributed by atoms with Gasteiger partial charge in [0.05, 0.1) is 12.9 Å². The van der Waals surface area contributed by atoms with Gasteiger partial charge in [-0.2, -0.15) is 0 Å². The van der Waals surface area contributed by atoms with Crippen LogP contribution in [0.4, 0.5) is 11.5 Å². The summed E-state index contributed by atoms with van der Waals surface area (Å²) in [5.41, 5.74) is 1.43. The molecular formula is C16H17N5O5. The third kappa shape index (κ3) is 2.74. The van der Waals surface area contributed by atoms with E-state index in [1.165, 1.54) is 23.3 Å². The van der Waals surface area contributed by atoms with Crippen LogP contribution in [-0.4, -0.2) is 64.9 Å². The number of benzene rings is 1. The molecule has 4 atom stereocenters. The molecule has 0 amide bonds. The van der Waals surface area contributed by atoms with Crippen molar-refractivity contribution in [3.8, 4) is 5.75 Å². The molecule has 5 N–H and O–H groups in total. The summed E-state index contributed by atoms with van der Waals surface area (Å²) in [5.74, 6) is 0.517. The number of phenolic OH excluding ortho intramolecular Hbond substituents is 1. The van der Waals surface area contributed by atoms with Gasteiger partial charge in [-0.1, -0.05) is 6.07 Å². The van der Waals surface area contributed by atoms with Gasteiger partial charge >= 0.3 is 0 Å². The number of imidazole rings is 1. The number of ether oxygens (including phenoxy) is 1. The first-order valence-corrected chi connectivity index (χ1v) is 7.94. The monoisotopic (exact) mass is 359 g/mol. The molecule has 4 rings (SSSR count). The molecule has 3 heterocycles. The molecule has 0 spiro atoms. The summed E-state index contributed by atoms with van der Waals surface area (Å²) in [4.78, 5) is 12.6. The first kappa shape index (κ1) is 16.7. The van der Waals surface area contributed by atoms with E-state index in [0.29, 0.717) is 22.7 Å². The second-order valence-corrected chi connectivity index (χ2v) is 5.95. The average molecular weight is 359 g/mol. The standard InChI is InChI=1S/C16H17N5O5/c22-5-10-12(24)13(25)16(26-10)21-7-19-11-14(17-6-18-15(11)21)20-8-2-1-3-9(23)4-8/h1-4,6-7,10,12-13,16,22-25H,5H2,(H,17,18,20)/t10-,12-,13-,16?/m1/s1. The fourth-order valence-electron chi connectivity index (χ4n) is 2.96. The number of aromatic nitrogens is 4. The van der Waals surface area contributed by atoms with E-state index in [1.54, 1.807) is 18.2 Å². The third-order valence-electron chi connectivity index (χ3n) is 4.26. The molecule has 1 aromatic carbocycles. The van der Waals surface area contributed by atoms with Gasteiger partial charge in [-0.15, -0.1) is 0 Å². The number of hydrogen-bond acceptors (Lipinski definition) is 9. The maximum Gasteiger partial charge on any atom is 0.167 e. The molecule has 1 aliphatic rings. The number of aliphatic hydroxyl groups excluding tert-OH is 3. The van der Waals surface area contributed by atoms with Crippen LogP contribution in [0, 0.1) is 0 Å². The molecule has 1 saturated heterocycles. The maximum atomic E-state index is 10.2. The number of anilines is 2. The van der Waals surface area contributed by atoms with Crippen molar-refractivity contribution < 1.29 is 25.2 Å². The predicted molar refractivity (Wildman–Crippen MR) is 89.7 cm³/mol. The zero-order valence-electron chi connectivity index (χ0n) is 13.5. The number of nitrogens with zero attached hydrogens (tertiary/aromatic N) is 4. The molecular weight excluding hydrogens is 342 g/mol. The van der Waals surface area contributed by atoms with Crippen molar-refractivity contribution in [1.29, 1.82) is 0 Å². The van der Waals surface area contributed by atoms with Crippen LogP contribution >= 0.6 is 0 Å². The van der Waals surface area contributed by atoms with Crippen molar-refractivity contribution >= 4 is 22.7 Å². The molecule has 26 heavy (non-hydrogen) atoms. The molecule has 1 unspecified atom stereocenters. The number of aliphatic hydroxyl groups is 3. The first-order chi connectivity index (χ1) is 12.6. The van der Waals surface area contributed by atoms with Gasteiger partial charge in [-0.05, 0) is 12.1 Å². The van der Waals surface area contributed by atoms with E-state index >= 15 is 0 Å². The van der Waals surface area contributed by atoms with Crippen molar-refractivity contribution in [3.05, 3.63) is 36.9 Å². The van der Waals surface area contributed by atoms with Crippen molar-refractivity contribution in [2.75, 3.05) is 11.9 Å². The Bertz CT molecular complexity index is 932. The predicted octanol–water partition coefficient (Wildman–Crippen LogP) is -0.113. The SMILES string of the molecule is OC[C@H]1OC(n2cnc3c(Nc4cccc(O)c4)ncnc32)[C@H](O)[C@@H]1O. The Hall–Kier alpha value is -2.79. The van der Waals surface area contributed by atoms with Gasteiger partial charge in [0.25, 0.3) is 0 Å². The molecule has 0 radical (unpaired) electrons. The highest BCUT2D eigenvalue weighted by Crippen LogP contribution is 2.32. The molecule has 10 nitrogen and oxygen atoms in total. The van der Waals surface area contributed by atoms with Gasteiger partial charge in [-0.25, -0.2) is 15.0 Å². The number of fused-ring (bicyclic) bond motifs is 1. The smallest absolute Gasteiger partial charge is 0.167 e. The Kier molecular flexibility index (Phi) is 4.17. The van der Waals surface area contributed by atoms with E-state index in [9.17, 15) is 20.4 Å². The van der Waals surface area contributed by atoms with Crippen molar-refractivity contribution in [2.45, 2.75) is 24.5 Å². The van der Waals surface area contributed by atoms with Gasteiger partial charge in [0, 0.05) is 11.8 Å². The lowest BCUT2D eigenvalue weighted by atomic mass is 10.1. The molecule has 0 saturated carbocycles. The van der Waals surface area contributed by atoms with Crippen LogP contribution in [-0.2, 0) is 4.74 Å². The van der Waals surface area contributed by atoms with Crippen LogP contribution in [0.1, 0.15) is 6.23 Å². The number of phenols is 1. The minimum absolute atomic E-state index is 0.109. The quantitative estimate of drug-likeness (QED) is 0.430. The molecule has 2 aromatic heterocycles. The van der Waals surface area contributed by atoms with Crippen molar-refractivity contribution in [1.82, 2.24) is 19.5 Å². The molecule has 136 valence electrons. The summed E-state index contributed by atoms with van der Waals surface area (Å²) in [6.07, 6.45) is -1.52. The van der Waals surface area contributed by atoms with E-state index in [4.69, 9.17) is 4.74 Å². The third-order valence-corrected chi connectivity index (χ3v) is 4.26. The zero-order valence-corrected chi connectivity index (χ0v) is 13.5. The van der Waals surface area contributed by atoms with Gasteiger partial charge in [0.1, 0.15) is 30.4 Å². The molecule has 0 aliphatic carbocycles. The normalized spacial score (nSPS) is 25.7. The van der Waals surface area contributed by atoms with Gasteiger partial charge < -0.3 is 30.5 Å². The summed E-state index contributed by atoms with van der Waals surface area (Å²) >= 11 is 0. The van der Waals surface area contributed by atoms with Crippen LogP contribution < -0.4 is 5.32 Å². The molecule has 0 bridgehead atoms. The van der Waals surface area contributed by atoms with Crippen LogP contribution in [0.15, 0.2) is 36.9 Å². The second kappa shape index (κ2) is 6.50. The molecule has 1 aliphatic heterocycles. The Labute approximate surface area is 147 Å². The van der Waals surface area contributed by atoms with Gasteiger partial charge in [0.2, 0.25) is 0 Å². The lowest BCUT2D eigenvalue weighted by Gasteiger charge is -2.16. The number of rotatable bonds is 4. The van der Waals surface area contributed by atoms with Crippen molar-refractivity contribution in [2.24, 2.45) is 0 Å². The lowest BCUT2D eigenvalue weighted by molar-refractivity contribution is -0.0511. The van der Waals surface area contributed by atoms with Crippen LogP contribution in [0.3, 0.4) is 0 Å². The van der Waals surface area contributed by atoms with Crippen LogP contribution in [0.5, 0.6) is 5.75 Å². The Morgan fingerprint density at radius 3 is 2.73 bits per heavy atom. The average Bonchev–Trinajstić information content (AvgIpc) is 3.18. The summed E-state index contributed by atoms with van der Waals surface area (Å²) in [5, 5.41) is 42.0. The Balaban J connectivity index is 1.69. The fourth-order valence-corrected chi connectivity index (χ4v) is 2.96. The van der Waals surface area contributed by atoms with E-state index < -0.39 is 31.1 Å². The zero-order chi connectivity index (χ0) is 18.3. The summed E-state index contributed by atoms with van der Waals surface area (Å²) in [7, 11) is 0. The summed E-state index contributed by atoms with van der Waals surface area (Å²) in [6.45, 7) is -0.416. The first-order valence-electron chi connectivity index (χ1n) is 7.94. The minimum Gasteiger partial charge on any atom is -0.508 e. The lowest BCUT2D eigenvalue weighted by Crippen LogP contribution is -2.33. The second-order valence-electron chi connectivity index (χ2n) is 5.95. The van der Waals surface area contributed by atoms with Crippen molar-refractivity contribution in [3.63, 3.8) is 0 Å². The van der Waals surface area contributed by atoms with Crippen LogP contribution in [0.2, 0.25) is 0 Å². The topological polar surface area (TPSA) is 146 Å². The van der Waals surface area contributed by atoms with E-state index in [-0.39, 0.29) is 5.75 Å². The molecule has 10 heteroatoms. The number of hydrogen-bond donors (Lipinski definition) is 5. The highest BCUT2D eigenvalue weighted by molar-refractivity contribution is 5.85. The highest BCUT2D eigenvalue weighted by Gasteiger charge is 2.44. The molecule has 1 fully saturated rings. The minimum atomic E-state index is -1.23. The van der Waals surface area contributed by atoms with Gasteiger partial charge in [0.15, 0.2) is 23.2 Å². The van der Waals surface area contributed by atoms with E-state index in [0.717, 1.165) is 0 Å². The maximum absolute atomic E-state index is 10.2.